The van der Waals surface area contributed by atoms with Gasteiger partial charge in [0.05, 0.1) is 7.11 Å². The van der Waals surface area contributed by atoms with Crippen LogP contribution in [0.2, 0.25) is 0 Å². The van der Waals surface area contributed by atoms with E-state index in [0.717, 1.165) is 27.9 Å². The van der Waals surface area contributed by atoms with Gasteiger partial charge in [-0.15, -0.1) is 9.24 Å². The number of hydrogen-bond donors (Lipinski definition) is 0. The van der Waals surface area contributed by atoms with Crippen LogP contribution in [0.15, 0.2) is 53.5 Å². The minimum Gasteiger partial charge on any atom is -0.496 e. The SMILES string of the molecule is C=C(Cc1c(C)cc(C)cc1OC)c1ccc(Oc2cc3c(cc2P)C=CC3(C)C)o1. The molecule has 1 heterocycles. The van der Waals surface area contributed by atoms with Crippen molar-refractivity contribution in [2.24, 2.45) is 0 Å². The van der Waals surface area contributed by atoms with Gasteiger partial charge in [0.1, 0.15) is 17.3 Å². The standard InChI is InChI=1S/C27H29O3P/c1-16-11-17(2)20(23(12-16)28-6)13-18(3)22-7-8-26(29-22)30-24-15-21-19(14-25(24)31)9-10-27(21,4)5/h7-12,14-15H,3,13,31H2,1-2,4-6H3. The topological polar surface area (TPSA) is 31.6 Å². The fourth-order valence-electron chi connectivity index (χ4n) is 4.13. The van der Waals surface area contributed by atoms with E-state index in [2.05, 4.69) is 79.9 Å². The van der Waals surface area contributed by atoms with Crippen LogP contribution in [-0.2, 0) is 11.8 Å². The molecule has 0 saturated heterocycles. The van der Waals surface area contributed by atoms with Gasteiger partial charge in [0.25, 0.3) is 5.95 Å². The van der Waals surface area contributed by atoms with Crippen molar-refractivity contribution in [1.82, 2.24) is 0 Å². The molecule has 0 N–H and O–H groups in total. The lowest BCUT2D eigenvalue weighted by molar-refractivity contribution is 0.344. The molecule has 31 heavy (non-hydrogen) atoms. The highest BCUT2D eigenvalue weighted by molar-refractivity contribution is 7.27. The zero-order valence-electron chi connectivity index (χ0n) is 18.8. The Kier molecular flexibility index (Phi) is 5.58. The largest absolute Gasteiger partial charge is 0.496 e. The zero-order chi connectivity index (χ0) is 22.3. The van der Waals surface area contributed by atoms with Crippen LogP contribution in [0.25, 0.3) is 11.6 Å². The summed E-state index contributed by atoms with van der Waals surface area (Å²) in [5.41, 5.74) is 6.86. The second kappa shape index (κ2) is 8.05. The molecular weight excluding hydrogens is 403 g/mol. The summed E-state index contributed by atoms with van der Waals surface area (Å²) in [6.07, 6.45) is 5.04. The minimum atomic E-state index is -0.000621. The number of fused-ring (bicyclic) bond motifs is 1. The lowest BCUT2D eigenvalue weighted by Crippen LogP contribution is -2.12. The Morgan fingerprint density at radius 3 is 2.61 bits per heavy atom. The van der Waals surface area contributed by atoms with E-state index in [4.69, 9.17) is 13.9 Å². The first-order chi connectivity index (χ1) is 14.7. The van der Waals surface area contributed by atoms with Crippen molar-refractivity contribution in [3.8, 4) is 17.4 Å². The van der Waals surface area contributed by atoms with Crippen LogP contribution in [0.1, 0.15) is 47.4 Å². The van der Waals surface area contributed by atoms with Crippen LogP contribution in [0.4, 0.5) is 0 Å². The molecule has 3 aromatic rings. The quantitative estimate of drug-likeness (QED) is 0.404. The Morgan fingerprint density at radius 1 is 1.10 bits per heavy atom. The summed E-state index contributed by atoms with van der Waals surface area (Å²) in [4.78, 5) is 0. The van der Waals surface area contributed by atoms with Crippen molar-refractivity contribution >= 4 is 26.2 Å². The maximum Gasteiger partial charge on any atom is 0.290 e. The molecular formula is C27H29O3P. The monoisotopic (exact) mass is 432 g/mol. The summed E-state index contributed by atoms with van der Waals surface area (Å²) in [5, 5.41) is 0.998. The molecule has 0 radical (unpaired) electrons. The van der Waals surface area contributed by atoms with E-state index in [0.29, 0.717) is 18.1 Å². The number of hydrogen-bond acceptors (Lipinski definition) is 3. The maximum atomic E-state index is 6.11. The summed E-state index contributed by atoms with van der Waals surface area (Å²) < 4.78 is 17.7. The van der Waals surface area contributed by atoms with Crippen LogP contribution in [0.3, 0.4) is 0 Å². The lowest BCUT2D eigenvalue weighted by Gasteiger charge is -2.19. The third kappa shape index (κ3) is 4.20. The lowest BCUT2D eigenvalue weighted by atomic mass is 9.87. The fourth-order valence-corrected chi connectivity index (χ4v) is 4.45. The molecule has 3 nitrogen and oxygen atoms in total. The molecule has 4 heteroatoms. The van der Waals surface area contributed by atoms with E-state index in [9.17, 15) is 0 Å². The Labute approximate surface area is 187 Å². The molecule has 1 unspecified atom stereocenters. The number of rotatable bonds is 6. The van der Waals surface area contributed by atoms with Gasteiger partial charge in [-0.25, -0.2) is 0 Å². The van der Waals surface area contributed by atoms with Gasteiger partial charge in [-0.3, -0.25) is 0 Å². The summed E-state index contributed by atoms with van der Waals surface area (Å²) in [5.74, 6) is 2.83. The van der Waals surface area contributed by atoms with Gasteiger partial charge in [-0.2, -0.15) is 0 Å². The molecule has 0 fully saturated rings. The first kappa shape index (κ1) is 21.5. The zero-order valence-corrected chi connectivity index (χ0v) is 20.0. The summed E-state index contributed by atoms with van der Waals surface area (Å²) >= 11 is 0. The summed E-state index contributed by atoms with van der Waals surface area (Å²) in [6.45, 7) is 12.8. The number of furan rings is 1. The van der Waals surface area contributed by atoms with Gasteiger partial charge >= 0.3 is 0 Å². The second-order valence-electron chi connectivity index (χ2n) is 8.80. The van der Waals surface area contributed by atoms with Crippen molar-refractivity contribution in [3.05, 3.63) is 82.6 Å². The first-order valence-corrected chi connectivity index (χ1v) is 11.0. The van der Waals surface area contributed by atoms with Gasteiger partial charge in [-0.1, -0.05) is 38.6 Å². The van der Waals surface area contributed by atoms with E-state index >= 15 is 0 Å². The molecule has 160 valence electrons. The third-order valence-corrected chi connectivity index (χ3v) is 6.33. The average molecular weight is 433 g/mol. The number of allylic oxidation sites excluding steroid dienone is 2. The first-order valence-electron chi connectivity index (χ1n) is 10.4. The molecule has 0 saturated carbocycles. The molecule has 2 aromatic carbocycles. The number of aryl methyl sites for hydroxylation is 2. The van der Waals surface area contributed by atoms with Crippen molar-refractivity contribution < 1.29 is 13.9 Å². The third-order valence-electron chi connectivity index (χ3n) is 5.88. The predicted octanol–water partition coefficient (Wildman–Crippen LogP) is 6.76. The highest BCUT2D eigenvalue weighted by Gasteiger charge is 2.26. The highest BCUT2D eigenvalue weighted by Crippen LogP contribution is 2.38. The smallest absolute Gasteiger partial charge is 0.290 e. The van der Waals surface area contributed by atoms with E-state index in [1.807, 2.05) is 12.1 Å². The van der Waals surface area contributed by atoms with E-state index in [1.165, 1.54) is 22.3 Å². The number of ether oxygens (including phenoxy) is 2. The van der Waals surface area contributed by atoms with Gasteiger partial charge in [0.2, 0.25) is 0 Å². The van der Waals surface area contributed by atoms with Crippen molar-refractivity contribution in [1.29, 1.82) is 0 Å². The second-order valence-corrected chi connectivity index (χ2v) is 9.42. The number of methoxy groups -OCH3 is 1. The maximum absolute atomic E-state index is 6.11. The Hall–Kier alpha value is -2.77. The molecule has 4 rings (SSSR count). The minimum absolute atomic E-state index is 0.000621. The van der Waals surface area contributed by atoms with Gasteiger partial charge in [0, 0.05) is 28.8 Å². The molecule has 0 amide bonds. The summed E-state index contributed by atoms with van der Waals surface area (Å²) in [6, 6.07) is 12.2. The van der Waals surface area contributed by atoms with Crippen molar-refractivity contribution in [2.75, 3.05) is 7.11 Å². The van der Waals surface area contributed by atoms with E-state index in [-0.39, 0.29) is 5.41 Å². The summed E-state index contributed by atoms with van der Waals surface area (Å²) in [7, 11) is 4.46. The molecule has 0 aliphatic heterocycles. The van der Waals surface area contributed by atoms with Gasteiger partial charge in [0.15, 0.2) is 0 Å². The van der Waals surface area contributed by atoms with Crippen LogP contribution in [0.5, 0.6) is 17.4 Å². The van der Waals surface area contributed by atoms with Crippen LogP contribution >= 0.6 is 9.24 Å². The normalized spacial score (nSPS) is 13.9. The average Bonchev–Trinajstić information content (AvgIpc) is 3.29. The molecule has 0 spiro atoms. The molecule has 1 aliphatic carbocycles. The van der Waals surface area contributed by atoms with Crippen molar-refractivity contribution in [2.45, 2.75) is 39.5 Å². The van der Waals surface area contributed by atoms with E-state index < -0.39 is 0 Å². The van der Waals surface area contributed by atoms with Crippen LogP contribution in [-0.4, -0.2) is 7.11 Å². The molecule has 1 atom stereocenters. The fraction of sp³-hybridized carbons (Fsp3) is 0.259. The molecule has 1 aliphatic rings. The predicted molar refractivity (Wildman–Crippen MR) is 132 cm³/mol. The van der Waals surface area contributed by atoms with Gasteiger partial charge in [-0.05, 0) is 65.9 Å². The van der Waals surface area contributed by atoms with Gasteiger partial charge < -0.3 is 13.9 Å². The van der Waals surface area contributed by atoms with Crippen LogP contribution < -0.4 is 14.8 Å². The molecule has 0 bridgehead atoms. The van der Waals surface area contributed by atoms with Crippen LogP contribution in [0, 0.1) is 13.8 Å². The number of benzene rings is 2. The Bertz CT molecular complexity index is 1200. The van der Waals surface area contributed by atoms with E-state index in [1.54, 1.807) is 7.11 Å². The Balaban J connectivity index is 1.54. The highest BCUT2D eigenvalue weighted by atomic mass is 31.0. The van der Waals surface area contributed by atoms with Crippen molar-refractivity contribution in [3.63, 3.8) is 0 Å². The molecule has 1 aromatic heterocycles. The Morgan fingerprint density at radius 2 is 1.87 bits per heavy atom.